The Balaban J connectivity index is 2.42. The minimum atomic E-state index is -2.03. The van der Waals surface area contributed by atoms with Crippen LogP contribution >= 0.6 is 0 Å². The average molecular weight is 505 g/mol. The molecule has 1 aliphatic heterocycles. The van der Waals surface area contributed by atoms with Crippen LogP contribution in [0.25, 0.3) is 0 Å². The number of hydrogen-bond donors (Lipinski definition) is 0. The van der Waals surface area contributed by atoms with Gasteiger partial charge in [-0.2, -0.15) is 0 Å². The molecule has 6 nitrogen and oxygen atoms in total. The third-order valence-corrected chi connectivity index (χ3v) is 11.5. The Labute approximate surface area is 208 Å². The van der Waals surface area contributed by atoms with E-state index >= 15 is 0 Å². The molecule has 0 radical (unpaired) electrons. The Morgan fingerprint density at radius 1 is 1.09 bits per heavy atom. The molecular weight excluding hydrogens is 460 g/mol. The van der Waals surface area contributed by atoms with E-state index in [1.807, 2.05) is 36.5 Å². The first-order valence-corrected chi connectivity index (χ1v) is 18.4. The van der Waals surface area contributed by atoms with Gasteiger partial charge in [-0.3, -0.25) is 4.90 Å². The lowest BCUT2D eigenvalue weighted by molar-refractivity contribution is 0.133. The number of aliphatic imine (C=N–C) groups is 1. The highest BCUT2D eigenvalue weighted by Crippen LogP contribution is 2.39. The van der Waals surface area contributed by atoms with Crippen molar-refractivity contribution in [2.24, 2.45) is 10.4 Å². The molecule has 0 aliphatic carbocycles. The van der Waals surface area contributed by atoms with Gasteiger partial charge in [-0.05, 0) is 48.8 Å². The number of amides is 1. The number of benzene rings is 1. The maximum atomic E-state index is 12.6. The Hall–Kier alpha value is -1.91. The van der Waals surface area contributed by atoms with E-state index in [4.69, 9.17) is 18.6 Å². The first-order valence-electron chi connectivity index (χ1n) is 12.0. The fraction of sp³-hybridized carbons (Fsp3) is 0.615. The smallest absolute Gasteiger partial charge is 0.414 e. The van der Waals surface area contributed by atoms with Gasteiger partial charge in [-0.1, -0.05) is 71.9 Å². The molecule has 1 heterocycles. The molecule has 1 aliphatic rings. The second kappa shape index (κ2) is 10.4. The van der Waals surface area contributed by atoms with Crippen molar-refractivity contribution < 1.29 is 18.4 Å². The largest absolute Gasteiger partial charge is 0.530 e. The zero-order valence-corrected chi connectivity index (χ0v) is 24.9. The molecule has 1 aromatic rings. The van der Waals surface area contributed by atoms with Crippen LogP contribution in [0.1, 0.15) is 53.1 Å². The lowest BCUT2D eigenvalue weighted by Crippen LogP contribution is -2.48. The van der Waals surface area contributed by atoms with E-state index in [0.29, 0.717) is 12.5 Å². The van der Waals surface area contributed by atoms with Gasteiger partial charge in [0.2, 0.25) is 14.2 Å². The van der Waals surface area contributed by atoms with Crippen LogP contribution < -0.4 is 0 Å². The van der Waals surface area contributed by atoms with Crippen molar-refractivity contribution >= 4 is 28.9 Å². The number of carbonyl (C=O) groups excluding carboxylic acids is 1. The van der Waals surface area contributed by atoms with Crippen molar-refractivity contribution in [2.75, 3.05) is 6.61 Å². The van der Waals surface area contributed by atoms with Crippen molar-refractivity contribution in [3.05, 3.63) is 48.0 Å². The molecule has 0 N–H and O–H groups in total. The molecule has 2 atom stereocenters. The van der Waals surface area contributed by atoms with E-state index in [-0.39, 0.29) is 22.6 Å². The molecule has 0 aromatic heterocycles. The molecule has 0 saturated carbocycles. The highest BCUT2D eigenvalue weighted by atomic mass is 28.4. The summed E-state index contributed by atoms with van der Waals surface area (Å²) in [5.74, 6) is 0.409. The minimum absolute atomic E-state index is 0.0834. The second-order valence-electron chi connectivity index (χ2n) is 12.5. The monoisotopic (exact) mass is 504 g/mol. The van der Waals surface area contributed by atoms with Gasteiger partial charge in [0, 0.05) is 6.21 Å². The summed E-state index contributed by atoms with van der Waals surface area (Å²) in [4.78, 5) is 18.9. The number of nitrogens with zero attached hydrogens (tertiary/aromatic N) is 2. The third kappa shape index (κ3) is 7.81. The van der Waals surface area contributed by atoms with Gasteiger partial charge in [-0.25, -0.2) is 9.79 Å². The summed E-state index contributed by atoms with van der Waals surface area (Å²) in [5, 5.41) is 0.0834. The molecule has 0 spiro atoms. The fourth-order valence-electron chi connectivity index (χ4n) is 3.09. The molecule has 2 rings (SSSR count). The summed E-state index contributed by atoms with van der Waals surface area (Å²) in [6.07, 6.45) is 2.95. The highest BCUT2D eigenvalue weighted by Gasteiger charge is 2.41. The number of ether oxygens (including phenoxy) is 1. The van der Waals surface area contributed by atoms with Crippen molar-refractivity contribution in [3.63, 3.8) is 0 Å². The van der Waals surface area contributed by atoms with E-state index in [1.165, 1.54) is 0 Å². The molecule has 0 bridgehead atoms. The molecule has 1 saturated heterocycles. The quantitative estimate of drug-likeness (QED) is 0.211. The zero-order chi connectivity index (χ0) is 25.9. The van der Waals surface area contributed by atoms with Gasteiger partial charge in [0.25, 0.3) is 0 Å². The maximum Gasteiger partial charge on any atom is 0.414 e. The molecule has 1 fully saturated rings. The second-order valence-corrected chi connectivity index (χ2v) is 21.7. The van der Waals surface area contributed by atoms with E-state index in [9.17, 15) is 4.79 Å². The summed E-state index contributed by atoms with van der Waals surface area (Å²) in [7, 11) is -4.03. The molecule has 190 valence electrons. The average Bonchev–Trinajstić information content (AvgIpc) is 3.03. The Morgan fingerprint density at radius 2 is 1.68 bits per heavy atom. The lowest BCUT2D eigenvalue weighted by Gasteiger charge is -2.42. The van der Waals surface area contributed by atoms with Gasteiger partial charge in [0.1, 0.15) is 6.61 Å². The normalized spacial score (nSPS) is 19.5. The first-order chi connectivity index (χ1) is 15.4. The van der Waals surface area contributed by atoms with Crippen molar-refractivity contribution in [1.82, 2.24) is 4.90 Å². The fourth-order valence-corrected chi connectivity index (χ4v) is 5.23. The molecule has 8 heteroatoms. The number of hydrogen-bond acceptors (Lipinski definition) is 5. The Kier molecular flexibility index (Phi) is 8.65. The van der Waals surface area contributed by atoms with Crippen molar-refractivity contribution in [2.45, 2.75) is 91.5 Å². The van der Waals surface area contributed by atoms with E-state index in [1.54, 1.807) is 11.1 Å². The standard InChI is InChI=1S/C26H44N2O4Si2/c1-25(2,3)22(31-34(10,11)26(4,5)6)17-27-23(32-33(7,8)9)18-28-21(19-30-24(28)29)20-15-13-12-14-16-20/h12-18,21-22H,19H2,1-11H3/b23-18-,27-17+/t21-,22-/m1/s1. The Morgan fingerprint density at radius 3 is 2.18 bits per heavy atom. The summed E-state index contributed by atoms with van der Waals surface area (Å²) in [5.41, 5.74) is 0.859. The first kappa shape index (κ1) is 28.3. The highest BCUT2D eigenvalue weighted by molar-refractivity contribution is 6.74. The molecular formula is C26H44N2O4Si2. The lowest BCUT2D eigenvalue weighted by atomic mass is 9.90. The zero-order valence-electron chi connectivity index (χ0n) is 22.9. The van der Waals surface area contributed by atoms with Crippen LogP contribution in [-0.4, -0.2) is 46.6 Å². The van der Waals surface area contributed by atoms with Crippen molar-refractivity contribution in [3.8, 4) is 0 Å². The van der Waals surface area contributed by atoms with Crippen LogP contribution in [0.5, 0.6) is 0 Å². The molecule has 1 aromatic carbocycles. The van der Waals surface area contributed by atoms with E-state index in [0.717, 1.165) is 5.56 Å². The van der Waals surface area contributed by atoms with Crippen molar-refractivity contribution in [1.29, 1.82) is 0 Å². The van der Waals surface area contributed by atoms with Crippen LogP contribution in [0.3, 0.4) is 0 Å². The summed E-state index contributed by atoms with van der Waals surface area (Å²) >= 11 is 0. The predicted octanol–water partition coefficient (Wildman–Crippen LogP) is 7.34. The van der Waals surface area contributed by atoms with Gasteiger partial charge in [0.05, 0.1) is 18.3 Å². The summed E-state index contributed by atoms with van der Waals surface area (Å²) in [6, 6.07) is 9.66. The van der Waals surface area contributed by atoms with Crippen LogP contribution in [0, 0.1) is 5.41 Å². The maximum absolute atomic E-state index is 12.6. The SMILES string of the molecule is CC(C)(C)[C@@H](/C=N/C(=C/N1C(=O)OC[C@@H]1c1ccccc1)O[Si](C)(C)C)O[Si](C)(C)C(C)(C)C. The van der Waals surface area contributed by atoms with Gasteiger partial charge in [-0.15, -0.1) is 0 Å². The molecule has 0 unspecified atom stereocenters. The van der Waals surface area contributed by atoms with Crippen LogP contribution in [0.4, 0.5) is 4.79 Å². The third-order valence-electron chi connectivity index (χ3n) is 6.17. The summed E-state index contributed by atoms with van der Waals surface area (Å²) in [6.45, 7) is 24.3. The number of cyclic esters (lactones) is 1. The number of carbonyl (C=O) groups is 1. The number of rotatable bonds is 8. The minimum Gasteiger partial charge on any atom is -0.530 e. The van der Waals surface area contributed by atoms with Crippen LogP contribution in [0.2, 0.25) is 37.8 Å². The summed E-state index contributed by atoms with van der Waals surface area (Å²) < 4.78 is 18.4. The van der Waals surface area contributed by atoms with E-state index < -0.39 is 22.7 Å². The van der Waals surface area contributed by atoms with Gasteiger partial charge < -0.3 is 13.6 Å². The van der Waals surface area contributed by atoms with Crippen LogP contribution in [-0.2, 0) is 13.6 Å². The van der Waals surface area contributed by atoms with Crippen LogP contribution in [0.15, 0.2) is 47.4 Å². The Bertz CT molecular complexity index is 894. The molecule has 34 heavy (non-hydrogen) atoms. The topological polar surface area (TPSA) is 60.4 Å². The van der Waals surface area contributed by atoms with Gasteiger partial charge >= 0.3 is 6.09 Å². The predicted molar refractivity (Wildman–Crippen MR) is 145 cm³/mol. The molecule has 1 amide bonds. The van der Waals surface area contributed by atoms with Gasteiger partial charge in [0.15, 0.2) is 8.32 Å². The van der Waals surface area contributed by atoms with E-state index in [2.05, 4.69) is 74.3 Å².